The lowest BCUT2D eigenvalue weighted by Crippen LogP contribution is -2.15. The van der Waals surface area contributed by atoms with Crippen molar-refractivity contribution in [1.82, 2.24) is 0 Å². The van der Waals surface area contributed by atoms with Crippen LogP contribution in [0.1, 0.15) is 23.8 Å². The van der Waals surface area contributed by atoms with Gasteiger partial charge in [-0.15, -0.1) is 11.3 Å². The summed E-state index contributed by atoms with van der Waals surface area (Å²) in [5.74, 6) is 0. The fraction of sp³-hybridized carbons (Fsp3) is 0.400. The summed E-state index contributed by atoms with van der Waals surface area (Å²) in [6, 6.07) is 2.03. The van der Waals surface area contributed by atoms with Crippen LogP contribution in [0, 0.1) is 0 Å². The molecule has 2 heterocycles. The molecule has 1 aromatic rings. The van der Waals surface area contributed by atoms with Crippen molar-refractivity contribution in [2.75, 3.05) is 6.61 Å². The third kappa shape index (κ3) is 2.64. The van der Waals surface area contributed by atoms with Gasteiger partial charge in [-0.3, -0.25) is 0 Å². The van der Waals surface area contributed by atoms with Gasteiger partial charge in [0.2, 0.25) is 0 Å². The second kappa shape index (κ2) is 4.99. The molecule has 1 unspecified atom stereocenters. The average Bonchev–Trinajstić information content (AvgIpc) is 2.59. The van der Waals surface area contributed by atoms with Crippen LogP contribution in [0.5, 0.6) is 0 Å². The monoisotopic (exact) mass is 351 g/mol. The molecular formula is C10H11Br2NOS. The highest BCUT2D eigenvalue weighted by molar-refractivity contribution is 9.13. The first-order valence-electron chi connectivity index (χ1n) is 4.69. The molecule has 15 heavy (non-hydrogen) atoms. The largest absolute Gasteiger partial charge is 0.501 e. The molecule has 2 nitrogen and oxygen atoms in total. The van der Waals surface area contributed by atoms with E-state index in [-0.39, 0.29) is 6.04 Å². The van der Waals surface area contributed by atoms with Gasteiger partial charge < -0.3 is 10.5 Å². The van der Waals surface area contributed by atoms with Crippen LogP contribution >= 0.6 is 43.2 Å². The van der Waals surface area contributed by atoms with E-state index in [0.29, 0.717) is 0 Å². The Hall–Kier alpha value is 0.160. The number of hydrogen-bond acceptors (Lipinski definition) is 3. The van der Waals surface area contributed by atoms with E-state index in [1.807, 2.05) is 6.26 Å². The standard InChI is InChI=1S/C10H11Br2NOS/c11-7-4-8(15-10(7)12)9(13)6-2-1-3-14-5-6/h4-5,9H,1-3,13H2. The Morgan fingerprint density at radius 3 is 2.80 bits per heavy atom. The lowest BCUT2D eigenvalue weighted by molar-refractivity contribution is 0.221. The quantitative estimate of drug-likeness (QED) is 0.874. The molecular weight excluding hydrogens is 342 g/mol. The van der Waals surface area contributed by atoms with Crippen molar-refractivity contribution in [2.45, 2.75) is 18.9 Å². The molecule has 1 atom stereocenters. The van der Waals surface area contributed by atoms with Crippen LogP contribution in [-0.2, 0) is 4.74 Å². The molecule has 82 valence electrons. The van der Waals surface area contributed by atoms with Crippen LogP contribution < -0.4 is 5.73 Å². The first-order chi connectivity index (χ1) is 7.18. The van der Waals surface area contributed by atoms with Crippen molar-refractivity contribution >= 4 is 43.2 Å². The first-order valence-corrected chi connectivity index (χ1v) is 7.09. The van der Waals surface area contributed by atoms with E-state index in [1.165, 1.54) is 5.57 Å². The van der Waals surface area contributed by atoms with E-state index < -0.39 is 0 Å². The summed E-state index contributed by atoms with van der Waals surface area (Å²) in [5, 5.41) is 0. The van der Waals surface area contributed by atoms with E-state index in [4.69, 9.17) is 10.5 Å². The van der Waals surface area contributed by atoms with Crippen LogP contribution in [0.3, 0.4) is 0 Å². The van der Waals surface area contributed by atoms with Gasteiger partial charge in [-0.1, -0.05) is 0 Å². The Bertz CT molecular complexity index is 369. The van der Waals surface area contributed by atoms with Crippen molar-refractivity contribution in [3.8, 4) is 0 Å². The summed E-state index contributed by atoms with van der Waals surface area (Å²) in [6.07, 6.45) is 3.91. The summed E-state index contributed by atoms with van der Waals surface area (Å²) >= 11 is 8.60. The third-order valence-corrected chi connectivity index (χ3v) is 5.67. The summed E-state index contributed by atoms with van der Waals surface area (Å²) < 4.78 is 7.45. The van der Waals surface area contributed by atoms with Crippen LogP contribution in [0.15, 0.2) is 26.2 Å². The second-order valence-electron chi connectivity index (χ2n) is 3.42. The van der Waals surface area contributed by atoms with Crippen LogP contribution in [-0.4, -0.2) is 6.61 Å². The maximum absolute atomic E-state index is 6.17. The van der Waals surface area contributed by atoms with Gasteiger partial charge in [0.05, 0.1) is 22.7 Å². The highest BCUT2D eigenvalue weighted by Gasteiger charge is 2.18. The van der Waals surface area contributed by atoms with Gasteiger partial charge in [-0.25, -0.2) is 0 Å². The summed E-state index contributed by atoms with van der Waals surface area (Å²) in [4.78, 5) is 1.16. The van der Waals surface area contributed by atoms with Crippen LogP contribution in [0.25, 0.3) is 0 Å². The SMILES string of the molecule is NC(C1=COCCC1)c1cc(Br)c(Br)s1. The minimum atomic E-state index is -0.0297. The molecule has 2 rings (SSSR count). The van der Waals surface area contributed by atoms with Gasteiger partial charge in [0.25, 0.3) is 0 Å². The normalized spacial score (nSPS) is 18.2. The molecule has 0 saturated heterocycles. The molecule has 0 amide bonds. The highest BCUT2D eigenvalue weighted by atomic mass is 79.9. The first kappa shape index (κ1) is 11.6. The molecule has 1 aliphatic rings. The molecule has 2 N–H and O–H groups in total. The zero-order valence-corrected chi connectivity index (χ0v) is 12.0. The van der Waals surface area contributed by atoms with E-state index >= 15 is 0 Å². The Balaban J connectivity index is 2.19. The molecule has 0 bridgehead atoms. The average molecular weight is 353 g/mol. The maximum atomic E-state index is 6.17. The molecule has 0 spiro atoms. The van der Waals surface area contributed by atoms with Crippen molar-refractivity contribution in [3.63, 3.8) is 0 Å². The number of hydrogen-bond donors (Lipinski definition) is 1. The molecule has 0 saturated carbocycles. The van der Waals surface area contributed by atoms with E-state index in [9.17, 15) is 0 Å². The molecule has 0 fully saturated rings. The fourth-order valence-electron chi connectivity index (χ4n) is 1.51. The molecule has 5 heteroatoms. The van der Waals surface area contributed by atoms with Gasteiger partial charge in [-0.05, 0) is 56.3 Å². The lowest BCUT2D eigenvalue weighted by Gasteiger charge is -2.18. The van der Waals surface area contributed by atoms with Gasteiger partial charge in [0, 0.05) is 9.35 Å². The smallest absolute Gasteiger partial charge is 0.0876 e. The predicted octanol–water partition coefficient (Wildman–Crippen LogP) is 3.97. The maximum Gasteiger partial charge on any atom is 0.0876 e. The zero-order chi connectivity index (χ0) is 10.8. The molecule has 1 aliphatic heterocycles. The van der Waals surface area contributed by atoms with Crippen molar-refractivity contribution < 1.29 is 4.74 Å². The van der Waals surface area contributed by atoms with Crippen molar-refractivity contribution in [2.24, 2.45) is 5.73 Å². The number of nitrogens with two attached hydrogens (primary N) is 1. The van der Waals surface area contributed by atoms with Gasteiger partial charge in [0.15, 0.2) is 0 Å². The van der Waals surface area contributed by atoms with Crippen LogP contribution in [0.4, 0.5) is 0 Å². The second-order valence-corrected chi connectivity index (χ2v) is 6.67. The number of thiophene rings is 1. The number of halogens is 2. The number of rotatable bonds is 2. The van der Waals surface area contributed by atoms with Crippen molar-refractivity contribution in [1.29, 1.82) is 0 Å². The van der Waals surface area contributed by atoms with Gasteiger partial charge in [-0.2, -0.15) is 0 Å². The third-order valence-electron chi connectivity index (χ3n) is 2.33. The Labute approximate surface area is 110 Å². The number of ether oxygens (including phenoxy) is 1. The Morgan fingerprint density at radius 1 is 1.47 bits per heavy atom. The Morgan fingerprint density at radius 2 is 2.27 bits per heavy atom. The van der Waals surface area contributed by atoms with Gasteiger partial charge >= 0.3 is 0 Å². The van der Waals surface area contributed by atoms with Crippen LogP contribution in [0.2, 0.25) is 0 Å². The molecule has 0 aliphatic carbocycles. The zero-order valence-electron chi connectivity index (χ0n) is 8.00. The van der Waals surface area contributed by atoms with E-state index in [2.05, 4.69) is 37.9 Å². The van der Waals surface area contributed by atoms with E-state index in [1.54, 1.807) is 11.3 Å². The minimum Gasteiger partial charge on any atom is -0.501 e. The summed E-state index contributed by atoms with van der Waals surface area (Å²) in [7, 11) is 0. The van der Waals surface area contributed by atoms with Crippen molar-refractivity contribution in [3.05, 3.63) is 31.0 Å². The predicted molar refractivity (Wildman–Crippen MR) is 69.9 cm³/mol. The summed E-state index contributed by atoms with van der Waals surface area (Å²) in [5.41, 5.74) is 7.36. The molecule has 1 aromatic heterocycles. The highest BCUT2D eigenvalue weighted by Crippen LogP contribution is 2.37. The Kier molecular flexibility index (Phi) is 3.88. The van der Waals surface area contributed by atoms with Gasteiger partial charge in [0.1, 0.15) is 0 Å². The topological polar surface area (TPSA) is 35.2 Å². The van der Waals surface area contributed by atoms with E-state index in [0.717, 1.165) is 32.6 Å². The molecule has 0 radical (unpaired) electrons. The lowest BCUT2D eigenvalue weighted by atomic mass is 10.0. The molecule has 0 aromatic carbocycles. The minimum absolute atomic E-state index is 0.0297. The summed E-state index contributed by atoms with van der Waals surface area (Å²) in [6.45, 7) is 0.814. The fourth-order valence-corrected chi connectivity index (χ4v) is 3.65.